The highest BCUT2D eigenvalue weighted by atomic mass is 16.7. The molecule has 0 radical (unpaired) electrons. The monoisotopic (exact) mass is 604 g/mol. The Kier molecular flexibility index (Phi) is 9.30. The maximum atomic E-state index is 13.8. The van der Waals surface area contributed by atoms with Gasteiger partial charge < -0.3 is 33.5 Å². The van der Waals surface area contributed by atoms with Gasteiger partial charge in [-0.05, 0) is 58.6 Å². The van der Waals surface area contributed by atoms with Crippen LogP contribution >= 0.6 is 0 Å². The fraction of sp³-hybridized carbons (Fsp3) is 0.688. The number of aliphatic hydroxyl groups is 1. The van der Waals surface area contributed by atoms with E-state index in [1.165, 1.54) is 27.7 Å². The molecule has 11 nitrogen and oxygen atoms in total. The van der Waals surface area contributed by atoms with Crippen LogP contribution in [0.2, 0.25) is 0 Å². The number of benzene rings is 1. The van der Waals surface area contributed by atoms with E-state index in [1.54, 1.807) is 37.4 Å². The van der Waals surface area contributed by atoms with E-state index in [1.807, 2.05) is 13.8 Å². The molecule has 0 unspecified atom stereocenters. The van der Waals surface area contributed by atoms with E-state index >= 15 is 0 Å². The zero-order chi connectivity index (χ0) is 31.8. The van der Waals surface area contributed by atoms with E-state index in [2.05, 4.69) is 0 Å². The second-order valence-electron chi connectivity index (χ2n) is 12.6. The van der Waals surface area contributed by atoms with Gasteiger partial charge in [-0.1, -0.05) is 24.6 Å². The molecular formula is C32H44O11. The Morgan fingerprint density at radius 3 is 2.14 bits per heavy atom. The van der Waals surface area contributed by atoms with Crippen molar-refractivity contribution < 1.29 is 52.7 Å². The van der Waals surface area contributed by atoms with Crippen LogP contribution < -0.4 is 0 Å². The number of carbonyl (C=O) groups is 4. The molecule has 0 amide bonds. The van der Waals surface area contributed by atoms with Crippen molar-refractivity contribution in [3.8, 4) is 0 Å². The third-order valence-corrected chi connectivity index (χ3v) is 9.27. The molecule has 1 heterocycles. The molecular weight excluding hydrogens is 560 g/mol. The first kappa shape index (κ1) is 32.9. The van der Waals surface area contributed by atoms with Gasteiger partial charge in [0.2, 0.25) is 5.60 Å². The summed E-state index contributed by atoms with van der Waals surface area (Å²) in [4.78, 5) is 52.2. The summed E-state index contributed by atoms with van der Waals surface area (Å²) in [6.45, 7) is 9.32. The normalized spacial score (nSPS) is 35.8. The lowest BCUT2D eigenvalue weighted by molar-refractivity contribution is -0.361. The Bertz CT molecular complexity index is 1210. The molecule has 3 aliphatic rings. The first-order valence-electron chi connectivity index (χ1n) is 14.9. The number of ether oxygens (including phenoxy) is 6. The van der Waals surface area contributed by atoms with Crippen LogP contribution in [0.4, 0.5) is 0 Å². The zero-order valence-electron chi connectivity index (χ0n) is 26.0. The first-order chi connectivity index (χ1) is 20.1. The number of hydrogen-bond acceptors (Lipinski definition) is 11. The predicted molar refractivity (Wildman–Crippen MR) is 152 cm³/mol. The molecule has 1 spiro atoms. The van der Waals surface area contributed by atoms with Gasteiger partial charge in [0.05, 0.1) is 16.8 Å². The van der Waals surface area contributed by atoms with Crippen LogP contribution in [0.15, 0.2) is 30.3 Å². The maximum absolute atomic E-state index is 13.8. The Hall–Kier alpha value is -3.02. The highest BCUT2D eigenvalue weighted by Crippen LogP contribution is 2.68. The smallest absolute Gasteiger partial charge is 0.338 e. The molecule has 0 aromatic heterocycles. The van der Waals surface area contributed by atoms with Gasteiger partial charge in [-0.3, -0.25) is 14.4 Å². The number of unbranched alkanes of at least 4 members (excludes halogenated alkanes) is 1. The summed E-state index contributed by atoms with van der Waals surface area (Å²) in [6.07, 6.45) is -1.79. The van der Waals surface area contributed by atoms with Crippen molar-refractivity contribution >= 4 is 23.9 Å². The Balaban J connectivity index is 2.05. The third kappa shape index (κ3) is 5.55. The van der Waals surface area contributed by atoms with Crippen molar-refractivity contribution in [3.63, 3.8) is 0 Å². The fourth-order valence-corrected chi connectivity index (χ4v) is 8.00. The second-order valence-corrected chi connectivity index (χ2v) is 12.6. The van der Waals surface area contributed by atoms with Crippen molar-refractivity contribution in [2.24, 2.45) is 11.8 Å². The minimum absolute atomic E-state index is 0.0480. The molecule has 2 bridgehead atoms. The van der Waals surface area contributed by atoms with E-state index in [0.29, 0.717) is 25.9 Å². The first-order valence-corrected chi connectivity index (χ1v) is 14.9. The van der Waals surface area contributed by atoms with Crippen LogP contribution in [-0.4, -0.2) is 83.4 Å². The van der Waals surface area contributed by atoms with Crippen LogP contribution in [0, 0.1) is 11.8 Å². The molecule has 1 saturated heterocycles. The van der Waals surface area contributed by atoms with Gasteiger partial charge in [0.25, 0.3) is 0 Å². The summed E-state index contributed by atoms with van der Waals surface area (Å²) in [5.74, 6) is -3.99. The van der Waals surface area contributed by atoms with Crippen molar-refractivity contribution in [2.45, 2.75) is 114 Å². The zero-order valence-corrected chi connectivity index (χ0v) is 26.0. The lowest BCUT2D eigenvalue weighted by Crippen LogP contribution is -2.86. The van der Waals surface area contributed by atoms with Crippen molar-refractivity contribution in [2.75, 3.05) is 13.7 Å². The number of fused-ring (bicyclic) bond motifs is 1. The molecule has 1 aromatic carbocycles. The van der Waals surface area contributed by atoms with Crippen LogP contribution in [-0.2, 0) is 42.8 Å². The van der Waals surface area contributed by atoms with E-state index in [4.69, 9.17) is 28.4 Å². The molecule has 11 heteroatoms. The number of rotatable bonds is 10. The van der Waals surface area contributed by atoms with Gasteiger partial charge in [-0.15, -0.1) is 0 Å². The molecule has 1 aliphatic heterocycles. The summed E-state index contributed by atoms with van der Waals surface area (Å²) < 4.78 is 36.7. The minimum atomic E-state index is -2.09. The molecule has 43 heavy (non-hydrogen) atoms. The topological polar surface area (TPSA) is 144 Å². The number of carbonyl (C=O) groups excluding carboxylic acids is 4. The molecule has 3 fully saturated rings. The standard InChI is InChI=1S/C32H44O11/c1-19(33)39-24-16-17-30(6,37)32-27(40-20(2)34)25(29(4,5)43-32)23(15-11-12-18-38-7)26(31(24,32)42-21(3)35)41-28(36)22-13-9-8-10-14-22/h8-10,13-14,23-27,37H,11-12,15-18H2,1-7H3/t23-,24+,25-,26-,27-,30+,31-,32+/m1/s1. The minimum Gasteiger partial charge on any atom is -0.459 e. The Labute approximate surface area is 252 Å². The van der Waals surface area contributed by atoms with Gasteiger partial charge in [0.1, 0.15) is 12.2 Å². The number of esters is 4. The SMILES string of the molecule is COCCCC[C@@H]1[C@@H]2[C@@H](OC(C)=O)[C@@]3(OC2(C)C)[C@@](OC(C)=O)([C@@H](OC(C)=O)CC[C@]3(C)O)[C@@H]1OC(=O)c1ccccc1. The highest BCUT2D eigenvalue weighted by molar-refractivity contribution is 5.89. The van der Waals surface area contributed by atoms with Crippen LogP contribution in [0.3, 0.4) is 0 Å². The van der Waals surface area contributed by atoms with E-state index in [-0.39, 0.29) is 18.4 Å². The van der Waals surface area contributed by atoms with E-state index in [0.717, 1.165) is 0 Å². The summed E-state index contributed by atoms with van der Waals surface area (Å²) in [7, 11) is 1.60. The summed E-state index contributed by atoms with van der Waals surface area (Å²) in [6, 6.07) is 8.36. The number of hydrogen-bond donors (Lipinski definition) is 1. The van der Waals surface area contributed by atoms with Crippen LogP contribution in [0.5, 0.6) is 0 Å². The molecule has 4 rings (SSSR count). The molecule has 2 aliphatic carbocycles. The molecule has 1 N–H and O–H groups in total. The van der Waals surface area contributed by atoms with Gasteiger partial charge in [0, 0.05) is 46.3 Å². The highest BCUT2D eigenvalue weighted by Gasteiger charge is 2.88. The molecule has 238 valence electrons. The van der Waals surface area contributed by atoms with E-state index < -0.39 is 76.4 Å². The van der Waals surface area contributed by atoms with Gasteiger partial charge in [-0.25, -0.2) is 4.79 Å². The quantitative estimate of drug-likeness (QED) is 0.238. The fourth-order valence-electron chi connectivity index (χ4n) is 8.00. The van der Waals surface area contributed by atoms with Crippen molar-refractivity contribution in [1.29, 1.82) is 0 Å². The third-order valence-electron chi connectivity index (χ3n) is 9.27. The second kappa shape index (κ2) is 12.2. The summed E-state index contributed by atoms with van der Waals surface area (Å²) in [5.41, 5.74) is -6.67. The lowest BCUT2D eigenvalue weighted by atomic mass is 9.49. The summed E-state index contributed by atoms with van der Waals surface area (Å²) in [5, 5.41) is 12.3. The Morgan fingerprint density at radius 1 is 0.907 bits per heavy atom. The predicted octanol–water partition coefficient (Wildman–Crippen LogP) is 3.53. The maximum Gasteiger partial charge on any atom is 0.338 e. The molecule has 2 saturated carbocycles. The van der Waals surface area contributed by atoms with Crippen LogP contribution in [0.25, 0.3) is 0 Å². The number of methoxy groups -OCH3 is 1. The average Bonchev–Trinajstić information content (AvgIpc) is 3.11. The van der Waals surface area contributed by atoms with Crippen LogP contribution in [0.1, 0.15) is 84.0 Å². The van der Waals surface area contributed by atoms with Crippen molar-refractivity contribution in [1.82, 2.24) is 0 Å². The van der Waals surface area contributed by atoms with E-state index in [9.17, 15) is 24.3 Å². The Morgan fingerprint density at radius 2 is 1.56 bits per heavy atom. The largest absolute Gasteiger partial charge is 0.459 e. The molecule has 8 atom stereocenters. The lowest BCUT2D eigenvalue weighted by Gasteiger charge is -2.65. The van der Waals surface area contributed by atoms with Gasteiger partial charge in [0.15, 0.2) is 11.7 Å². The van der Waals surface area contributed by atoms with Gasteiger partial charge in [-0.2, -0.15) is 0 Å². The average molecular weight is 605 g/mol. The van der Waals surface area contributed by atoms with Crippen molar-refractivity contribution in [3.05, 3.63) is 35.9 Å². The molecule has 1 aromatic rings. The summed E-state index contributed by atoms with van der Waals surface area (Å²) >= 11 is 0. The van der Waals surface area contributed by atoms with Gasteiger partial charge >= 0.3 is 23.9 Å².